The zero-order valence-electron chi connectivity index (χ0n) is 20.8. The molecule has 0 unspecified atom stereocenters. The summed E-state index contributed by atoms with van der Waals surface area (Å²) in [6.07, 6.45) is -0.754. The third kappa shape index (κ3) is 6.60. The maximum atomic E-state index is 13.4. The van der Waals surface area contributed by atoms with E-state index in [0.29, 0.717) is 0 Å². The summed E-state index contributed by atoms with van der Waals surface area (Å²) in [7, 11) is 0. The highest BCUT2D eigenvalue weighted by atomic mass is 32.1. The molecule has 1 saturated heterocycles. The number of β-amino-alcohol motifs (C(OH)–C–C–N with tert-alkyl or cyclic N) is 1. The van der Waals surface area contributed by atoms with Gasteiger partial charge in [-0.25, -0.2) is 4.98 Å². The van der Waals surface area contributed by atoms with E-state index in [1.165, 1.54) is 4.90 Å². The number of aromatic nitrogens is 1. The number of aryl methyl sites for hydroxylation is 1. The van der Waals surface area contributed by atoms with E-state index >= 15 is 0 Å². The van der Waals surface area contributed by atoms with Gasteiger partial charge < -0.3 is 20.6 Å². The Hall–Kier alpha value is -3.47. The minimum atomic E-state index is -0.970. The first-order chi connectivity index (χ1) is 17.0. The van der Waals surface area contributed by atoms with Crippen LogP contribution in [0.2, 0.25) is 0 Å². The molecule has 1 aliphatic heterocycles. The Morgan fingerprint density at radius 2 is 2.00 bits per heavy atom. The lowest BCUT2D eigenvalue weighted by Crippen LogP contribution is -2.58. The van der Waals surface area contributed by atoms with Crippen molar-refractivity contribution in [3.63, 3.8) is 0 Å². The predicted octanol–water partition coefficient (Wildman–Crippen LogP) is 2.54. The lowest BCUT2D eigenvalue weighted by Gasteiger charge is -2.35. The van der Waals surface area contributed by atoms with Crippen LogP contribution in [0.3, 0.4) is 0 Å². The number of rotatable bonds is 8. The van der Waals surface area contributed by atoms with E-state index in [1.807, 2.05) is 31.2 Å². The molecule has 3 amide bonds. The average molecular weight is 514 g/mol. The number of thiazole rings is 1. The molecule has 1 aliphatic rings. The fourth-order valence-electron chi connectivity index (χ4n) is 4.08. The number of nitrogens with one attached hydrogen (secondary N) is 2. The minimum Gasteiger partial charge on any atom is -0.391 e. The van der Waals surface area contributed by atoms with Gasteiger partial charge in [-0.05, 0) is 29.0 Å². The topological polar surface area (TPSA) is 160 Å². The number of hydrogen-bond donors (Lipinski definition) is 3. The molecule has 11 nitrogen and oxygen atoms in total. The van der Waals surface area contributed by atoms with E-state index in [0.717, 1.165) is 21.7 Å². The van der Waals surface area contributed by atoms with E-state index in [-0.39, 0.29) is 25.4 Å². The summed E-state index contributed by atoms with van der Waals surface area (Å²) in [5.41, 5.74) is 12.5. The Labute approximate surface area is 213 Å². The van der Waals surface area contributed by atoms with Gasteiger partial charge in [0, 0.05) is 24.4 Å². The van der Waals surface area contributed by atoms with E-state index < -0.39 is 42.0 Å². The second kappa shape index (κ2) is 11.5. The van der Waals surface area contributed by atoms with Gasteiger partial charge in [0.25, 0.3) is 0 Å². The molecule has 1 aromatic carbocycles. The van der Waals surface area contributed by atoms with Gasteiger partial charge in [0.15, 0.2) is 0 Å². The summed E-state index contributed by atoms with van der Waals surface area (Å²) < 4.78 is 0. The summed E-state index contributed by atoms with van der Waals surface area (Å²) >= 11 is 1.57. The first-order valence-electron chi connectivity index (χ1n) is 11.6. The van der Waals surface area contributed by atoms with Gasteiger partial charge in [0.1, 0.15) is 18.6 Å². The van der Waals surface area contributed by atoms with Crippen LogP contribution in [0.15, 0.2) is 34.9 Å². The van der Waals surface area contributed by atoms with Crippen molar-refractivity contribution < 1.29 is 19.5 Å². The van der Waals surface area contributed by atoms with E-state index in [4.69, 9.17) is 5.53 Å². The van der Waals surface area contributed by atoms with Crippen LogP contribution in [0, 0.1) is 12.3 Å². The number of carbonyl (C=O) groups excluding carboxylic acids is 3. The van der Waals surface area contributed by atoms with Crippen molar-refractivity contribution in [2.45, 2.75) is 58.8 Å². The fraction of sp³-hybridized carbons (Fsp3) is 0.500. The van der Waals surface area contributed by atoms with Crippen LogP contribution in [-0.4, -0.2) is 64.0 Å². The lowest BCUT2D eigenvalue weighted by molar-refractivity contribution is -0.143. The van der Waals surface area contributed by atoms with Crippen LogP contribution in [0.1, 0.15) is 38.4 Å². The highest BCUT2D eigenvalue weighted by Crippen LogP contribution is 2.28. The normalized spacial score (nSPS) is 18.3. The van der Waals surface area contributed by atoms with Gasteiger partial charge in [-0.15, -0.1) is 11.3 Å². The molecule has 1 aromatic heterocycles. The highest BCUT2D eigenvalue weighted by Gasteiger charge is 2.44. The summed E-state index contributed by atoms with van der Waals surface area (Å²) in [6, 6.07) is 5.97. The smallest absolute Gasteiger partial charge is 0.246 e. The maximum Gasteiger partial charge on any atom is 0.246 e. The fourth-order valence-corrected chi connectivity index (χ4v) is 4.89. The van der Waals surface area contributed by atoms with Crippen molar-refractivity contribution in [2.24, 2.45) is 10.5 Å². The van der Waals surface area contributed by atoms with Gasteiger partial charge in [-0.2, -0.15) is 0 Å². The number of aliphatic hydroxyl groups excluding tert-OH is 1. The molecule has 3 atom stereocenters. The Balaban J connectivity index is 1.67. The van der Waals surface area contributed by atoms with Crippen molar-refractivity contribution >= 4 is 29.1 Å². The quantitative estimate of drug-likeness (QED) is 0.280. The molecular weight excluding hydrogens is 482 g/mol. The molecule has 2 aromatic rings. The Morgan fingerprint density at radius 3 is 2.58 bits per heavy atom. The number of benzene rings is 1. The van der Waals surface area contributed by atoms with E-state index in [1.54, 1.807) is 37.6 Å². The molecule has 2 heterocycles. The molecule has 0 aliphatic carbocycles. The van der Waals surface area contributed by atoms with Gasteiger partial charge in [-0.1, -0.05) is 50.2 Å². The maximum absolute atomic E-state index is 13.4. The Morgan fingerprint density at radius 1 is 1.31 bits per heavy atom. The number of carbonyl (C=O) groups is 3. The standard InChI is InChI=1S/C24H31N7O4S/c1-14-20(36-13-27-14)16-7-5-15(6-8-16)10-26-22(34)18-9-17(32)12-31(18)23(35)21(24(2,3)4)29-19(33)11-28-30-25/h5-8,13,17-18,21,32H,9-12H2,1-4H3,(H,26,34)(H,29,33)/t17-,18+,21+/m1/s1. The van der Waals surface area contributed by atoms with Crippen molar-refractivity contribution in [3.8, 4) is 10.4 Å². The van der Waals surface area contributed by atoms with Gasteiger partial charge >= 0.3 is 0 Å². The summed E-state index contributed by atoms with van der Waals surface area (Å²) in [5, 5.41) is 19.0. The molecule has 12 heteroatoms. The molecule has 3 N–H and O–H groups in total. The second-order valence-electron chi connectivity index (χ2n) is 9.83. The summed E-state index contributed by atoms with van der Waals surface area (Å²) in [6.45, 7) is 7.11. The Bertz CT molecular complexity index is 1150. The molecule has 3 rings (SSSR count). The van der Waals surface area contributed by atoms with Crippen molar-refractivity contribution in [3.05, 3.63) is 51.5 Å². The molecule has 192 valence electrons. The van der Waals surface area contributed by atoms with Crippen LogP contribution in [-0.2, 0) is 20.9 Å². The lowest BCUT2D eigenvalue weighted by atomic mass is 9.85. The summed E-state index contributed by atoms with van der Waals surface area (Å²) in [4.78, 5) is 47.9. The van der Waals surface area contributed by atoms with E-state index in [9.17, 15) is 19.5 Å². The largest absolute Gasteiger partial charge is 0.391 e. The zero-order chi connectivity index (χ0) is 26.5. The predicted molar refractivity (Wildman–Crippen MR) is 136 cm³/mol. The molecule has 0 bridgehead atoms. The van der Waals surface area contributed by atoms with Crippen molar-refractivity contribution in [1.29, 1.82) is 0 Å². The first kappa shape index (κ1) is 27.1. The van der Waals surface area contributed by atoms with Crippen LogP contribution < -0.4 is 10.6 Å². The SMILES string of the molecule is Cc1ncsc1-c1ccc(CNC(=O)[C@@H]2C[C@@H](O)CN2C(=O)[C@H](NC(=O)CN=[N+]=[N-])C(C)(C)C)cc1. The number of amides is 3. The monoisotopic (exact) mass is 513 g/mol. The number of azide groups is 1. The third-order valence-electron chi connectivity index (χ3n) is 5.99. The molecule has 36 heavy (non-hydrogen) atoms. The minimum absolute atomic E-state index is 0.0153. The van der Waals surface area contributed by atoms with Crippen LogP contribution in [0.5, 0.6) is 0 Å². The molecule has 0 saturated carbocycles. The van der Waals surface area contributed by atoms with Gasteiger partial charge in [-0.3, -0.25) is 14.4 Å². The zero-order valence-corrected chi connectivity index (χ0v) is 21.6. The molecule has 0 spiro atoms. The Kier molecular flexibility index (Phi) is 8.67. The molecule has 0 radical (unpaired) electrons. The summed E-state index contributed by atoms with van der Waals surface area (Å²) in [5.74, 6) is -1.45. The highest BCUT2D eigenvalue weighted by molar-refractivity contribution is 7.13. The molecule has 1 fully saturated rings. The average Bonchev–Trinajstić information content (AvgIpc) is 3.44. The second-order valence-corrected chi connectivity index (χ2v) is 10.7. The van der Waals surface area contributed by atoms with Gasteiger partial charge in [0.2, 0.25) is 17.7 Å². The molecular formula is C24H31N7O4S. The number of hydrogen-bond acceptors (Lipinski definition) is 7. The van der Waals surface area contributed by atoms with Crippen molar-refractivity contribution in [1.82, 2.24) is 20.5 Å². The van der Waals surface area contributed by atoms with E-state index in [2.05, 4.69) is 25.6 Å². The van der Waals surface area contributed by atoms with Gasteiger partial charge in [0.05, 0.1) is 22.2 Å². The van der Waals surface area contributed by atoms with Crippen LogP contribution in [0.4, 0.5) is 0 Å². The van der Waals surface area contributed by atoms with Crippen LogP contribution in [0.25, 0.3) is 20.9 Å². The van der Waals surface area contributed by atoms with Crippen LogP contribution >= 0.6 is 11.3 Å². The number of aliphatic hydroxyl groups is 1. The number of nitrogens with zero attached hydrogens (tertiary/aromatic N) is 5. The third-order valence-corrected chi connectivity index (χ3v) is 6.97. The van der Waals surface area contributed by atoms with Crippen molar-refractivity contribution in [2.75, 3.05) is 13.1 Å². The number of likely N-dealkylation sites (tertiary alicyclic amines) is 1. The first-order valence-corrected chi connectivity index (χ1v) is 12.4.